The fourth-order valence-corrected chi connectivity index (χ4v) is 3.92. The van der Waals surface area contributed by atoms with Crippen LogP contribution < -0.4 is 10.2 Å². The van der Waals surface area contributed by atoms with E-state index in [0.29, 0.717) is 37.2 Å². The van der Waals surface area contributed by atoms with Crippen LogP contribution in [0.5, 0.6) is 0 Å². The molecule has 4 amide bonds. The van der Waals surface area contributed by atoms with Crippen LogP contribution in [-0.2, 0) is 4.79 Å². The largest absolute Gasteiger partial charge is 0.396 e. The van der Waals surface area contributed by atoms with Gasteiger partial charge < -0.3 is 15.1 Å². The van der Waals surface area contributed by atoms with Gasteiger partial charge in [0.25, 0.3) is 5.91 Å². The van der Waals surface area contributed by atoms with Crippen LogP contribution in [0, 0.1) is 5.41 Å². The van der Waals surface area contributed by atoms with Gasteiger partial charge in [-0.05, 0) is 37.1 Å². The molecule has 0 radical (unpaired) electrons. The number of amides is 4. The van der Waals surface area contributed by atoms with E-state index in [1.165, 1.54) is 4.90 Å². The number of rotatable bonds is 5. The summed E-state index contributed by atoms with van der Waals surface area (Å²) in [4.78, 5) is 38.9. The molecule has 8 nitrogen and oxygen atoms in total. The minimum absolute atomic E-state index is 0.0355. The topological polar surface area (TPSA) is 110 Å². The average Bonchev–Trinajstić information content (AvgIpc) is 3.01. The Kier molecular flexibility index (Phi) is 5.48. The number of carbonyl (C=O) groups is 3. The number of hydrogen-bond donors (Lipinski definition) is 3. The standard InChI is InChI=1S/C19H25N3O5/c1-2-8-19(12-23)11-21(9-7-15(19)24)17(26)13-3-5-14(6-4-13)22-10-16(25)20-18(22)27/h3-6,15,23-24H,2,7-12H2,1H3,(H,20,25,27)/t15-,19+/m1/s1. The van der Waals surface area contributed by atoms with E-state index in [2.05, 4.69) is 5.32 Å². The fourth-order valence-electron chi connectivity index (χ4n) is 3.92. The number of nitrogens with zero attached hydrogens (tertiary/aromatic N) is 2. The van der Waals surface area contributed by atoms with Crippen molar-refractivity contribution in [2.75, 3.05) is 31.1 Å². The molecule has 3 rings (SSSR count). The lowest BCUT2D eigenvalue weighted by Gasteiger charge is -2.45. The van der Waals surface area contributed by atoms with Gasteiger partial charge in [0.05, 0.1) is 12.7 Å². The first-order valence-electron chi connectivity index (χ1n) is 9.20. The van der Waals surface area contributed by atoms with Crippen molar-refractivity contribution in [2.24, 2.45) is 5.41 Å². The second-order valence-corrected chi connectivity index (χ2v) is 7.29. The zero-order chi connectivity index (χ0) is 19.6. The molecule has 0 aliphatic carbocycles. The summed E-state index contributed by atoms with van der Waals surface area (Å²) in [5, 5.41) is 22.4. The van der Waals surface area contributed by atoms with Gasteiger partial charge in [-0.3, -0.25) is 19.8 Å². The van der Waals surface area contributed by atoms with Crippen LogP contribution in [0.25, 0.3) is 0 Å². The van der Waals surface area contributed by atoms with Crippen molar-refractivity contribution >= 4 is 23.5 Å². The third-order valence-electron chi connectivity index (χ3n) is 5.45. The Morgan fingerprint density at radius 1 is 1.30 bits per heavy atom. The molecule has 1 aromatic carbocycles. The molecule has 1 aromatic rings. The second-order valence-electron chi connectivity index (χ2n) is 7.29. The molecule has 2 aliphatic rings. The van der Waals surface area contributed by atoms with Gasteiger partial charge in [0.15, 0.2) is 0 Å². The Morgan fingerprint density at radius 3 is 2.56 bits per heavy atom. The highest BCUT2D eigenvalue weighted by atomic mass is 16.3. The lowest BCUT2D eigenvalue weighted by atomic mass is 9.74. The molecular formula is C19H25N3O5. The molecule has 8 heteroatoms. The van der Waals surface area contributed by atoms with Gasteiger partial charge in [0, 0.05) is 29.8 Å². The highest BCUT2D eigenvalue weighted by Gasteiger charge is 2.43. The second kappa shape index (κ2) is 7.66. The molecule has 27 heavy (non-hydrogen) atoms. The molecule has 2 fully saturated rings. The summed E-state index contributed by atoms with van der Waals surface area (Å²) in [6.45, 7) is 2.52. The van der Waals surface area contributed by atoms with Crippen molar-refractivity contribution in [3.63, 3.8) is 0 Å². The van der Waals surface area contributed by atoms with Gasteiger partial charge in [0.2, 0.25) is 5.91 Å². The van der Waals surface area contributed by atoms with E-state index < -0.39 is 17.6 Å². The number of aliphatic hydroxyl groups excluding tert-OH is 2. The van der Waals surface area contributed by atoms with E-state index in [4.69, 9.17) is 0 Å². The quantitative estimate of drug-likeness (QED) is 0.657. The normalized spacial score (nSPS) is 25.7. The zero-order valence-electron chi connectivity index (χ0n) is 15.4. The lowest BCUT2D eigenvalue weighted by Crippen LogP contribution is -2.55. The van der Waals surface area contributed by atoms with Crippen molar-refractivity contribution < 1.29 is 24.6 Å². The number of likely N-dealkylation sites (tertiary alicyclic amines) is 1. The van der Waals surface area contributed by atoms with Gasteiger partial charge in [0.1, 0.15) is 6.54 Å². The number of piperidine rings is 1. The Bertz CT molecular complexity index is 735. The van der Waals surface area contributed by atoms with Crippen LogP contribution in [0.3, 0.4) is 0 Å². The van der Waals surface area contributed by atoms with E-state index in [1.807, 2.05) is 6.92 Å². The molecule has 2 saturated heterocycles. The summed E-state index contributed by atoms with van der Waals surface area (Å²) in [5.74, 6) is -0.535. The minimum atomic E-state index is -0.684. The number of nitrogens with one attached hydrogen (secondary N) is 1. The number of hydrogen-bond acceptors (Lipinski definition) is 5. The van der Waals surface area contributed by atoms with Gasteiger partial charge >= 0.3 is 6.03 Å². The number of urea groups is 1. The zero-order valence-corrected chi connectivity index (χ0v) is 15.4. The van der Waals surface area contributed by atoms with E-state index in [0.717, 1.165) is 6.42 Å². The molecule has 0 unspecified atom stereocenters. The molecule has 0 aromatic heterocycles. The van der Waals surface area contributed by atoms with Gasteiger partial charge in [-0.15, -0.1) is 0 Å². The van der Waals surface area contributed by atoms with Gasteiger partial charge in [-0.2, -0.15) is 0 Å². The summed E-state index contributed by atoms with van der Waals surface area (Å²) >= 11 is 0. The van der Waals surface area contributed by atoms with Crippen molar-refractivity contribution in [1.29, 1.82) is 0 Å². The minimum Gasteiger partial charge on any atom is -0.396 e. The van der Waals surface area contributed by atoms with Crippen molar-refractivity contribution in [1.82, 2.24) is 10.2 Å². The molecule has 0 saturated carbocycles. The van der Waals surface area contributed by atoms with Gasteiger partial charge in [-0.25, -0.2) is 4.79 Å². The smallest absolute Gasteiger partial charge is 0.329 e. The maximum Gasteiger partial charge on any atom is 0.329 e. The molecule has 2 aliphatic heterocycles. The number of anilines is 1. The summed E-state index contributed by atoms with van der Waals surface area (Å²) in [7, 11) is 0. The number of benzene rings is 1. The van der Waals surface area contributed by atoms with Crippen LogP contribution >= 0.6 is 0 Å². The Morgan fingerprint density at radius 2 is 2.00 bits per heavy atom. The molecular weight excluding hydrogens is 350 g/mol. The first kappa shape index (κ1) is 19.3. The third kappa shape index (κ3) is 3.68. The van der Waals surface area contributed by atoms with Crippen LogP contribution in [0.15, 0.2) is 24.3 Å². The molecule has 3 N–H and O–H groups in total. The summed E-state index contributed by atoms with van der Waals surface area (Å²) in [5.41, 5.74) is 0.320. The summed E-state index contributed by atoms with van der Waals surface area (Å²) < 4.78 is 0. The monoisotopic (exact) mass is 375 g/mol. The summed E-state index contributed by atoms with van der Waals surface area (Å²) in [6, 6.07) is 6.04. The predicted molar refractivity (Wildman–Crippen MR) is 98.3 cm³/mol. The first-order chi connectivity index (χ1) is 12.9. The highest BCUT2D eigenvalue weighted by Crippen LogP contribution is 2.35. The van der Waals surface area contributed by atoms with Crippen molar-refractivity contribution in [3.8, 4) is 0 Å². The fraction of sp³-hybridized carbons (Fsp3) is 0.526. The molecule has 0 bridgehead atoms. The SMILES string of the molecule is CCC[C@@]1(CO)CN(C(=O)c2ccc(N3CC(=O)NC3=O)cc2)CC[C@H]1O. The molecule has 0 spiro atoms. The Hall–Kier alpha value is -2.45. The van der Waals surface area contributed by atoms with E-state index >= 15 is 0 Å². The van der Waals surface area contributed by atoms with Crippen LogP contribution in [-0.4, -0.2) is 65.3 Å². The van der Waals surface area contributed by atoms with Gasteiger partial charge in [-0.1, -0.05) is 13.3 Å². The van der Waals surface area contributed by atoms with Crippen molar-refractivity contribution in [2.45, 2.75) is 32.3 Å². The van der Waals surface area contributed by atoms with E-state index in [9.17, 15) is 24.6 Å². The van der Waals surface area contributed by atoms with E-state index in [-0.39, 0.29) is 25.0 Å². The highest BCUT2D eigenvalue weighted by molar-refractivity contribution is 6.12. The van der Waals surface area contributed by atoms with E-state index in [1.54, 1.807) is 29.2 Å². The summed E-state index contributed by atoms with van der Waals surface area (Å²) in [6.07, 6.45) is 1.26. The Balaban J connectivity index is 1.74. The molecule has 146 valence electrons. The third-order valence-corrected chi connectivity index (χ3v) is 5.45. The number of imide groups is 1. The average molecular weight is 375 g/mol. The maximum atomic E-state index is 12.9. The van der Waals surface area contributed by atoms with Crippen LogP contribution in [0.4, 0.5) is 10.5 Å². The molecule has 2 atom stereocenters. The van der Waals surface area contributed by atoms with Crippen LogP contribution in [0.1, 0.15) is 36.5 Å². The maximum absolute atomic E-state index is 12.9. The number of carbonyl (C=O) groups excluding carboxylic acids is 3. The Labute approximate surface area is 157 Å². The lowest BCUT2D eigenvalue weighted by molar-refractivity contribution is -0.117. The first-order valence-corrected chi connectivity index (χ1v) is 9.20. The van der Waals surface area contributed by atoms with Crippen molar-refractivity contribution in [3.05, 3.63) is 29.8 Å². The predicted octanol–water partition coefficient (Wildman–Crippen LogP) is 0.728. The molecule has 2 heterocycles. The van der Waals surface area contributed by atoms with Crippen LogP contribution in [0.2, 0.25) is 0 Å². The number of aliphatic hydroxyl groups is 2.